The van der Waals surface area contributed by atoms with Crippen molar-refractivity contribution in [2.45, 2.75) is 6.92 Å². The van der Waals surface area contributed by atoms with E-state index in [0.717, 1.165) is 0 Å². The number of hydrogen-bond acceptors (Lipinski definition) is 4. The van der Waals surface area contributed by atoms with Crippen molar-refractivity contribution in [2.24, 2.45) is 0 Å². The fourth-order valence-electron chi connectivity index (χ4n) is 2.16. The van der Waals surface area contributed by atoms with Gasteiger partial charge in [-0.2, -0.15) is 0 Å². The van der Waals surface area contributed by atoms with Crippen molar-refractivity contribution in [3.63, 3.8) is 0 Å². The van der Waals surface area contributed by atoms with Gasteiger partial charge in [0, 0.05) is 20.1 Å². The topological polar surface area (TPSA) is 66.9 Å². The minimum Gasteiger partial charge on any atom is -0.493 e. The maximum atomic E-state index is 12.3. The van der Waals surface area contributed by atoms with Crippen molar-refractivity contribution in [3.05, 3.63) is 29.8 Å². The number of ketones is 1. The number of rotatable bonds is 5. The van der Waals surface area contributed by atoms with E-state index in [2.05, 4.69) is 0 Å². The molecule has 1 heterocycles. The minimum absolute atomic E-state index is 0.109. The number of likely N-dealkylation sites (N-methyl/N-ethyl adjacent to an activating group) is 1. The Morgan fingerprint density at radius 1 is 1.19 bits per heavy atom. The SMILES string of the molecule is CCOc1ccccc1C(=O)CN1CCN(C)C(=O)C1=O. The lowest BCUT2D eigenvalue weighted by molar-refractivity contribution is -0.154. The van der Waals surface area contributed by atoms with E-state index in [0.29, 0.717) is 31.0 Å². The zero-order valence-corrected chi connectivity index (χ0v) is 12.2. The molecule has 1 aliphatic rings. The number of para-hydroxylation sites is 1. The van der Waals surface area contributed by atoms with Crippen LogP contribution in [-0.4, -0.2) is 60.7 Å². The standard InChI is InChI=1S/C15H18N2O4/c1-3-21-13-7-5-4-6-11(13)12(18)10-17-9-8-16(2)14(19)15(17)20/h4-7H,3,8-10H2,1-2H3. The maximum Gasteiger partial charge on any atom is 0.312 e. The first-order valence-corrected chi connectivity index (χ1v) is 6.84. The maximum absolute atomic E-state index is 12.3. The third-order valence-electron chi connectivity index (χ3n) is 3.34. The first-order valence-electron chi connectivity index (χ1n) is 6.84. The number of carbonyl (C=O) groups excluding carboxylic acids is 3. The molecular formula is C15H18N2O4. The number of nitrogens with zero attached hydrogens (tertiary/aromatic N) is 2. The highest BCUT2D eigenvalue weighted by atomic mass is 16.5. The van der Waals surface area contributed by atoms with Gasteiger partial charge in [-0.15, -0.1) is 0 Å². The number of hydrogen-bond donors (Lipinski definition) is 0. The fraction of sp³-hybridized carbons (Fsp3) is 0.400. The zero-order valence-electron chi connectivity index (χ0n) is 12.2. The summed E-state index contributed by atoms with van der Waals surface area (Å²) < 4.78 is 5.41. The summed E-state index contributed by atoms with van der Waals surface area (Å²) in [6.45, 7) is 2.98. The predicted molar refractivity (Wildman–Crippen MR) is 76.2 cm³/mol. The molecular weight excluding hydrogens is 272 g/mol. The van der Waals surface area contributed by atoms with Crippen LogP contribution in [0.25, 0.3) is 0 Å². The second-order valence-electron chi connectivity index (χ2n) is 4.81. The summed E-state index contributed by atoms with van der Waals surface area (Å²) in [7, 11) is 1.57. The molecule has 2 rings (SSSR count). The van der Waals surface area contributed by atoms with Crippen LogP contribution in [0.2, 0.25) is 0 Å². The largest absolute Gasteiger partial charge is 0.493 e. The van der Waals surface area contributed by atoms with Crippen LogP contribution in [0, 0.1) is 0 Å². The summed E-state index contributed by atoms with van der Waals surface area (Å²) >= 11 is 0. The molecule has 1 fully saturated rings. The van der Waals surface area contributed by atoms with Crippen molar-refractivity contribution < 1.29 is 19.1 Å². The molecule has 112 valence electrons. The monoisotopic (exact) mass is 290 g/mol. The van der Waals surface area contributed by atoms with Crippen LogP contribution in [-0.2, 0) is 9.59 Å². The van der Waals surface area contributed by atoms with Gasteiger partial charge in [0.15, 0.2) is 5.78 Å². The molecule has 1 aromatic carbocycles. The lowest BCUT2D eigenvalue weighted by Crippen LogP contribution is -2.54. The van der Waals surface area contributed by atoms with Crippen molar-refractivity contribution >= 4 is 17.6 Å². The number of piperazine rings is 1. The van der Waals surface area contributed by atoms with Gasteiger partial charge in [0.2, 0.25) is 0 Å². The van der Waals surface area contributed by atoms with Gasteiger partial charge < -0.3 is 14.5 Å². The van der Waals surface area contributed by atoms with E-state index in [9.17, 15) is 14.4 Å². The molecule has 1 aliphatic heterocycles. The van der Waals surface area contributed by atoms with Crippen molar-refractivity contribution in [3.8, 4) is 5.75 Å². The average Bonchev–Trinajstić information content (AvgIpc) is 2.49. The van der Waals surface area contributed by atoms with Crippen molar-refractivity contribution in [2.75, 3.05) is 33.3 Å². The molecule has 0 saturated carbocycles. The van der Waals surface area contributed by atoms with Crippen LogP contribution in [0.4, 0.5) is 0 Å². The van der Waals surface area contributed by atoms with Gasteiger partial charge >= 0.3 is 11.8 Å². The number of benzene rings is 1. The molecule has 0 N–H and O–H groups in total. The van der Waals surface area contributed by atoms with E-state index in [-0.39, 0.29) is 12.3 Å². The van der Waals surface area contributed by atoms with Crippen LogP contribution < -0.4 is 4.74 Å². The van der Waals surface area contributed by atoms with E-state index >= 15 is 0 Å². The first-order chi connectivity index (χ1) is 10.0. The van der Waals surface area contributed by atoms with Gasteiger partial charge in [0.1, 0.15) is 5.75 Å². The summed E-state index contributed by atoms with van der Waals surface area (Å²) in [6.07, 6.45) is 0. The fourth-order valence-corrected chi connectivity index (χ4v) is 2.16. The minimum atomic E-state index is -0.633. The smallest absolute Gasteiger partial charge is 0.312 e. The molecule has 0 atom stereocenters. The Morgan fingerprint density at radius 2 is 1.90 bits per heavy atom. The van der Waals surface area contributed by atoms with Gasteiger partial charge in [-0.25, -0.2) is 0 Å². The summed E-state index contributed by atoms with van der Waals surface area (Å²) in [5, 5.41) is 0. The Balaban J connectivity index is 2.12. The second kappa shape index (κ2) is 6.39. The third-order valence-corrected chi connectivity index (χ3v) is 3.34. The molecule has 0 bridgehead atoms. The Labute approximate surface area is 123 Å². The third kappa shape index (κ3) is 3.21. The quantitative estimate of drug-likeness (QED) is 0.587. The van der Waals surface area contributed by atoms with Gasteiger partial charge in [-0.05, 0) is 19.1 Å². The highest BCUT2D eigenvalue weighted by Crippen LogP contribution is 2.19. The van der Waals surface area contributed by atoms with Crippen LogP contribution in [0.1, 0.15) is 17.3 Å². The summed E-state index contributed by atoms with van der Waals surface area (Å²) in [5.41, 5.74) is 0.429. The van der Waals surface area contributed by atoms with Crippen LogP contribution in [0.15, 0.2) is 24.3 Å². The lowest BCUT2D eigenvalue weighted by Gasteiger charge is -2.31. The average molecular weight is 290 g/mol. The molecule has 6 nitrogen and oxygen atoms in total. The Morgan fingerprint density at radius 3 is 2.62 bits per heavy atom. The Bertz CT molecular complexity index is 571. The van der Waals surface area contributed by atoms with E-state index in [4.69, 9.17) is 4.74 Å². The molecule has 1 saturated heterocycles. The molecule has 0 radical (unpaired) electrons. The molecule has 21 heavy (non-hydrogen) atoms. The van der Waals surface area contributed by atoms with Gasteiger partial charge in [-0.3, -0.25) is 14.4 Å². The summed E-state index contributed by atoms with van der Waals surface area (Å²) in [5.74, 6) is -0.944. The number of ether oxygens (including phenoxy) is 1. The first kappa shape index (κ1) is 15.0. The molecule has 0 aliphatic carbocycles. The second-order valence-corrected chi connectivity index (χ2v) is 4.81. The zero-order chi connectivity index (χ0) is 15.4. The molecule has 0 spiro atoms. The highest BCUT2D eigenvalue weighted by molar-refractivity contribution is 6.35. The van der Waals surface area contributed by atoms with E-state index in [1.807, 2.05) is 6.92 Å². The van der Waals surface area contributed by atoms with Gasteiger partial charge in [0.25, 0.3) is 0 Å². The summed E-state index contributed by atoms with van der Waals surface area (Å²) in [6, 6.07) is 6.91. The number of carbonyl (C=O) groups is 3. The Hall–Kier alpha value is -2.37. The van der Waals surface area contributed by atoms with Gasteiger partial charge in [-0.1, -0.05) is 12.1 Å². The van der Waals surface area contributed by atoms with Crippen LogP contribution in [0.5, 0.6) is 5.75 Å². The number of amides is 2. The molecule has 0 aromatic heterocycles. The summed E-state index contributed by atoms with van der Waals surface area (Å²) in [4.78, 5) is 38.5. The predicted octanol–water partition coefficient (Wildman–Crippen LogP) is 0.569. The lowest BCUT2D eigenvalue weighted by atomic mass is 10.1. The highest BCUT2D eigenvalue weighted by Gasteiger charge is 2.31. The van der Waals surface area contributed by atoms with Crippen LogP contribution in [0.3, 0.4) is 0 Å². The Kier molecular flexibility index (Phi) is 4.57. The van der Waals surface area contributed by atoms with Crippen molar-refractivity contribution in [1.29, 1.82) is 0 Å². The molecule has 2 amide bonds. The van der Waals surface area contributed by atoms with Crippen LogP contribution >= 0.6 is 0 Å². The van der Waals surface area contributed by atoms with E-state index in [1.165, 1.54) is 9.80 Å². The van der Waals surface area contributed by atoms with Gasteiger partial charge in [0.05, 0.1) is 18.7 Å². The van der Waals surface area contributed by atoms with E-state index < -0.39 is 11.8 Å². The van der Waals surface area contributed by atoms with Crippen molar-refractivity contribution in [1.82, 2.24) is 9.80 Å². The normalized spacial score (nSPS) is 15.3. The number of Topliss-reactive ketones (excluding diaryl/α,β-unsaturated/α-hetero) is 1. The molecule has 0 unspecified atom stereocenters. The molecule has 6 heteroatoms. The molecule has 1 aromatic rings. The van der Waals surface area contributed by atoms with E-state index in [1.54, 1.807) is 31.3 Å².